The van der Waals surface area contributed by atoms with Crippen molar-refractivity contribution in [3.63, 3.8) is 0 Å². The maximum Gasteiger partial charge on any atom is 0.246 e. The molecule has 2 amide bonds. The number of phenols is 1. The first-order valence-corrected chi connectivity index (χ1v) is 11.4. The van der Waals surface area contributed by atoms with E-state index in [2.05, 4.69) is 36.8 Å². The highest BCUT2D eigenvalue weighted by Gasteiger charge is 2.43. The molecule has 32 heavy (non-hydrogen) atoms. The van der Waals surface area contributed by atoms with Gasteiger partial charge in [-0.15, -0.1) is 6.58 Å². The number of phenolic OH excluding ortho intramolecular Hbond substituents is 1. The van der Waals surface area contributed by atoms with Crippen LogP contribution in [0.25, 0.3) is 10.9 Å². The van der Waals surface area contributed by atoms with Crippen LogP contribution in [0.5, 0.6) is 5.75 Å². The largest absolute Gasteiger partial charge is 0.508 e. The van der Waals surface area contributed by atoms with Gasteiger partial charge in [-0.05, 0) is 50.8 Å². The van der Waals surface area contributed by atoms with Crippen LogP contribution in [-0.4, -0.2) is 45.4 Å². The highest BCUT2D eigenvalue weighted by atomic mass is 16.3. The van der Waals surface area contributed by atoms with Gasteiger partial charge in [0.25, 0.3) is 0 Å². The number of hydrogen-bond donors (Lipinski definition) is 3. The Morgan fingerprint density at radius 1 is 1.28 bits per heavy atom. The molecule has 2 aliphatic heterocycles. The number of carbonyl (C=O) groups excluding carboxylic acids is 2. The fraction of sp³-hybridized carbons (Fsp3) is 0.462. The van der Waals surface area contributed by atoms with Gasteiger partial charge in [-0.25, -0.2) is 0 Å². The van der Waals surface area contributed by atoms with Gasteiger partial charge in [0.1, 0.15) is 17.8 Å². The summed E-state index contributed by atoms with van der Waals surface area (Å²) >= 11 is 0. The number of aromatic hydroxyl groups is 1. The molecule has 4 rings (SSSR count). The van der Waals surface area contributed by atoms with Crippen molar-refractivity contribution in [2.24, 2.45) is 0 Å². The van der Waals surface area contributed by atoms with E-state index in [1.54, 1.807) is 11.0 Å². The van der Waals surface area contributed by atoms with Gasteiger partial charge in [-0.1, -0.05) is 31.6 Å². The third-order valence-electron chi connectivity index (χ3n) is 6.90. The van der Waals surface area contributed by atoms with Crippen molar-refractivity contribution in [1.29, 1.82) is 0 Å². The number of allylic oxidation sites excluding steroid dienone is 3. The molecule has 6 heteroatoms. The summed E-state index contributed by atoms with van der Waals surface area (Å²) in [7, 11) is 0. The quantitative estimate of drug-likeness (QED) is 0.602. The monoisotopic (exact) mass is 435 g/mol. The normalized spacial score (nSPS) is 20.9. The van der Waals surface area contributed by atoms with Crippen LogP contribution in [0.3, 0.4) is 0 Å². The van der Waals surface area contributed by atoms with Crippen LogP contribution < -0.4 is 5.32 Å². The molecule has 0 aliphatic carbocycles. The average Bonchev–Trinajstić information content (AvgIpc) is 3.37. The maximum absolute atomic E-state index is 13.2. The van der Waals surface area contributed by atoms with Gasteiger partial charge in [0, 0.05) is 35.0 Å². The second-order valence-corrected chi connectivity index (χ2v) is 9.83. The van der Waals surface area contributed by atoms with Gasteiger partial charge in [-0.2, -0.15) is 0 Å². The molecule has 2 saturated heterocycles. The summed E-state index contributed by atoms with van der Waals surface area (Å²) in [5.74, 6) is 0.179. The smallest absolute Gasteiger partial charge is 0.246 e. The number of rotatable bonds is 6. The second-order valence-electron chi connectivity index (χ2n) is 9.83. The zero-order chi connectivity index (χ0) is 23.2. The number of hydrogen-bond acceptors (Lipinski definition) is 3. The summed E-state index contributed by atoms with van der Waals surface area (Å²) in [6.45, 7) is 12.9. The molecular formula is C26H33N3O3. The Morgan fingerprint density at radius 2 is 2.03 bits per heavy atom. The summed E-state index contributed by atoms with van der Waals surface area (Å²) in [5.41, 5.74) is 4.44. The van der Waals surface area contributed by atoms with Crippen LogP contribution in [0.1, 0.15) is 57.4 Å². The molecular weight excluding hydrogens is 402 g/mol. The topological polar surface area (TPSA) is 85.4 Å². The molecule has 170 valence electrons. The van der Waals surface area contributed by atoms with Crippen LogP contribution in [0.4, 0.5) is 0 Å². The summed E-state index contributed by atoms with van der Waals surface area (Å²) in [6, 6.07) is 2.71. The Hall–Kier alpha value is -3.02. The van der Waals surface area contributed by atoms with E-state index in [1.165, 1.54) is 5.57 Å². The standard InChI is InChI=1S/C26H33N3O3/c1-6-26(4,5)23-18(14-19-25(32)29-13-7-8-20(29)24(31)27-19)16-11-12-21(30)17(22(16)28-23)10-9-15(2)3/h6,9,11-12,19-20,28,30H,1,7-8,10,13-14H2,2-5H3,(H,27,31)/t19-,20-/m0/s1. The highest BCUT2D eigenvalue weighted by molar-refractivity contribution is 5.98. The zero-order valence-electron chi connectivity index (χ0n) is 19.4. The third-order valence-corrected chi connectivity index (χ3v) is 6.90. The van der Waals surface area contributed by atoms with Gasteiger partial charge in [0.15, 0.2) is 0 Å². The summed E-state index contributed by atoms with van der Waals surface area (Å²) in [5, 5.41) is 14.5. The Balaban J connectivity index is 1.82. The zero-order valence-corrected chi connectivity index (χ0v) is 19.4. The average molecular weight is 436 g/mol. The Morgan fingerprint density at radius 3 is 2.72 bits per heavy atom. The minimum Gasteiger partial charge on any atom is -0.508 e. The van der Waals surface area contributed by atoms with Crippen LogP contribution in [0.15, 0.2) is 36.4 Å². The number of aromatic nitrogens is 1. The van der Waals surface area contributed by atoms with Crippen molar-refractivity contribution >= 4 is 22.7 Å². The molecule has 0 bridgehead atoms. The van der Waals surface area contributed by atoms with Crippen molar-refractivity contribution in [1.82, 2.24) is 15.2 Å². The van der Waals surface area contributed by atoms with E-state index in [1.807, 2.05) is 26.0 Å². The Labute approximate surface area is 189 Å². The molecule has 3 N–H and O–H groups in total. The first-order chi connectivity index (χ1) is 15.1. The Bertz CT molecular complexity index is 1120. The number of benzene rings is 1. The number of fused-ring (bicyclic) bond motifs is 2. The number of carbonyl (C=O) groups is 2. The lowest BCUT2D eigenvalue weighted by Crippen LogP contribution is -2.61. The number of H-pyrrole nitrogens is 1. The lowest BCUT2D eigenvalue weighted by atomic mass is 9.84. The second kappa shape index (κ2) is 8.15. The van der Waals surface area contributed by atoms with Crippen molar-refractivity contribution in [3.05, 3.63) is 53.3 Å². The van der Waals surface area contributed by atoms with Crippen LogP contribution in [-0.2, 0) is 27.8 Å². The molecule has 1 aromatic heterocycles. The van der Waals surface area contributed by atoms with E-state index < -0.39 is 6.04 Å². The fourth-order valence-corrected chi connectivity index (χ4v) is 4.92. The van der Waals surface area contributed by atoms with Crippen molar-refractivity contribution in [2.75, 3.05) is 6.54 Å². The van der Waals surface area contributed by atoms with Crippen molar-refractivity contribution in [3.8, 4) is 5.75 Å². The van der Waals surface area contributed by atoms with Gasteiger partial charge in [-0.3, -0.25) is 9.59 Å². The molecule has 2 aromatic rings. The SMILES string of the molecule is C=CC(C)(C)c1[nH]c2c(CC=C(C)C)c(O)ccc2c1C[C@@H]1NC(=O)[C@@H]2CCCN2C1=O. The molecule has 0 radical (unpaired) electrons. The van der Waals surface area contributed by atoms with Gasteiger partial charge in [0.05, 0.1) is 5.52 Å². The van der Waals surface area contributed by atoms with Crippen molar-refractivity contribution in [2.45, 2.75) is 70.9 Å². The van der Waals surface area contributed by atoms with Crippen LogP contribution >= 0.6 is 0 Å². The Kier molecular flexibility index (Phi) is 5.65. The summed E-state index contributed by atoms with van der Waals surface area (Å²) < 4.78 is 0. The predicted molar refractivity (Wildman–Crippen MR) is 127 cm³/mol. The molecule has 1 aromatic carbocycles. The fourth-order valence-electron chi connectivity index (χ4n) is 4.92. The van der Waals surface area contributed by atoms with Gasteiger partial charge in [0.2, 0.25) is 11.8 Å². The minimum atomic E-state index is -0.592. The third kappa shape index (κ3) is 3.72. The number of aromatic amines is 1. The number of piperazine rings is 1. The van der Waals surface area contributed by atoms with E-state index in [-0.39, 0.29) is 29.0 Å². The van der Waals surface area contributed by atoms with Crippen LogP contribution in [0, 0.1) is 0 Å². The minimum absolute atomic E-state index is 0.00708. The lowest BCUT2D eigenvalue weighted by molar-refractivity contribution is -0.146. The molecule has 6 nitrogen and oxygen atoms in total. The van der Waals surface area contributed by atoms with E-state index in [0.29, 0.717) is 19.4 Å². The number of nitrogens with one attached hydrogen (secondary N) is 2. The van der Waals surface area contributed by atoms with Crippen molar-refractivity contribution < 1.29 is 14.7 Å². The molecule has 0 saturated carbocycles. The van der Waals surface area contributed by atoms with Gasteiger partial charge >= 0.3 is 0 Å². The van der Waals surface area contributed by atoms with Gasteiger partial charge < -0.3 is 20.3 Å². The maximum atomic E-state index is 13.2. The summed E-state index contributed by atoms with van der Waals surface area (Å²) in [4.78, 5) is 31.1. The molecule has 2 atom stereocenters. The van der Waals surface area contributed by atoms with E-state index in [4.69, 9.17) is 0 Å². The highest BCUT2D eigenvalue weighted by Crippen LogP contribution is 2.38. The number of nitrogens with zero attached hydrogens (tertiary/aromatic N) is 1. The predicted octanol–water partition coefficient (Wildman–Crippen LogP) is 3.88. The lowest BCUT2D eigenvalue weighted by Gasteiger charge is -2.35. The first-order valence-electron chi connectivity index (χ1n) is 11.4. The van der Waals surface area contributed by atoms with E-state index in [9.17, 15) is 14.7 Å². The van der Waals surface area contributed by atoms with E-state index in [0.717, 1.165) is 40.6 Å². The molecule has 0 spiro atoms. The number of amides is 2. The molecule has 3 heterocycles. The first kappa shape index (κ1) is 22.2. The molecule has 2 fully saturated rings. The van der Waals surface area contributed by atoms with E-state index >= 15 is 0 Å². The summed E-state index contributed by atoms with van der Waals surface area (Å²) in [6.07, 6.45) is 6.58. The molecule has 2 aliphatic rings. The molecule has 0 unspecified atom stereocenters. The van der Waals surface area contributed by atoms with Crippen LogP contribution in [0.2, 0.25) is 0 Å².